The maximum atomic E-state index is 12.2. The van der Waals surface area contributed by atoms with Gasteiger partial charge in [-0.05, 0) is 80.4 Å². The van der Waals surface area contributed by atoms with Gasteiger partial charge in [0.1, 0.15) is 5.75 Å². The predicted molar refractivity (Wildman–Crippen MR) is 118 cm³/mol. The molecule has 0 spiro atoms. The van der Waals surface area contributed by atoms with E-state index in [-0.39, 0.29) is 12.5 Å². The average Bonchev–Trinajstić information content (AvgIpc) is 3.39. The molecule has 4 rings (SSSR count). The average molecular weight is 420 g/mol. The number of hydrogen-bond donors (Lipinski definition) is 1. The third kappa shape index (κ3) is 4.58. The number of carbonyl (C=O) groups excluding carboxylic acids is 1. The first-order chi connectivity index (χ1) is 14.5. The lowest BCUT2D eigenvalue weighted by Gasteiger charge is -2.09. The van der Waals surface area contributed by atoms with Crippen LogP contribution in [0.5, 0.6) is 5.75 Å². The number of anilines is 1. The van der Waals surface area contributed by atoms with E-state index in [1.807, 2.05) is 63.2 Å². The lowest BCUT2D eigenvalue weighted by atomic mass is 10.1. The molecule has 7 heteroatoms. The zero-order valence-electron chi connectivity index (χ0n) is 16.9. The second-order valence-electron chi connectivity index (χ2n) is 6.99. The SMILES string of the molecule is Cc1ccc(-c2noc(-c3ccc(NC(=O)COc4ccc(C)c(C)c4)cc3)n2)s1. The third-order valence-electron chi connectivity index (χ3n) is 4.65. The number of benzene rings is 2. The summed E-state index contributed by atoms with van der Waals surface area (Å²) in [7, 11) is 0. The number of thiophene rings is 1. The Bertz CT molecular complexity index is 1180. The van der Waals surface area contributed by atoms with Crippen LogP contribution in [-0.2, 0) is 4.79 Å². The molecule has 0 aliphatic rings. The fraction of sp³-hybridized carbons (Fsp3) is 0.174. The van der Waals surface area contributed by atoms with E-state index in [1.54, 1.807) is 23.5 Å². The van der Waals surface area contributed by atoms with Crippen molar-refractivity contribution in [1.82, 2.24) is 10.1 Å². The van der Waals surface area contributed by atoms with E-state index in [4.69, 9.17) is 9.26 Å². The Morgan fingerprint density at radius 2 is 1.83 bits per heavy atom. The van der Waals surface area contributed by atoms with Gasteiger partial charge < -0.3 is 14.6 Å². The normalized spacial score (nSPS) is 10.8. The van der Waals surface area contributed by atoms with Gasteiger partial charge in [-0.15, -0.1) is 11.3 Å². The van der Waals surface area contributed by atoms with Gasteiger partial charge in [0.15, 0.2) is 6.61 Å². The van der Waals surface area contributed by atoms with Crippen molar-refractivity contribution in [2.75, 3.05) is 11.9 Å². The standard InChI is InChI=1S/C23H21N3O3S/c1-14-4-10-19(12-15(14)2)28-13-21(27)24-18-8-6-17(7-9-18)23-25-22(26-29-23)20-11-5-16(3)30-20/h4-12H,13H2,1-3H3,(H,24,27). The van der Waals surface area contributed by atoms with E-state index in [1.165, 1.54) is 10.4 Å². The van der Waals surface area contributed by atoms with Gasteiger partial charge in [0.2, 0.25) is 5.82 Å². The van der Waals surface area contributed by atoms with Gasteiger partial charge in [-0.2, -0.15) is 4.98 Å². The van der Waals surface area contributed by atoms with Crippen LogP contribution in [0.4, 0.5) is 5.69 Å². The zero-order valence-corrected chi connectivity index (χ0v) is 17.7. The van der Waals surface area contributed by atoms with Crippen molar-refractivity contribution in [3.05, 3.63) is 70.6 Å². The van der Waals surface area contributed by atoms with Crippen LogP contribution >= 0.6 is 11.3 Å². The van der Waals surface area contributed by atoms with Crippen LogP contribution < -0.4 is 10.1 Å². The van der Waals surface area contributed by atoms with E-state index >= 15 is 0 Å². The number of amides is 1. The molecule has 0 saturated carbocycles. The molecule has 0 saturated heterocycles. The van der Waals surface area contributed by atoms with Gasteiger partial charge in [0.05, 0.1) is 4.88 Å². The summed E-state index contributed by atoms with van der Waals surface area (Å²) in [6.07, 6.45) is 0. The number of aromatic nitrogens is 2. The first-order valence-corrected chi connectivity index (χ1v) is 10.3. The Balaban J connectivity index is 1.36. The van der Waals surface area contributed by atoms with Crippen LogP contribution in [0.2, 0.25) is 0 Å². The van der Waals surface area contributed by atoms with Gasteiger partial charge in [-0.1, -0.05) is 11.2 Å². The molecule has 0 aliphatic heterocycles. The highest BCUT2D eigenvalue weighted by Gasteiger charge is 2.12. The van der Waals surface area contributed by atoms with Crippen molar-refractivity contribution in [1.29, 1.82) is 0 Å². The summed E-state index contributed by atoms with van der Waals surface area (Å²) >= 11 is 1.62. The first-order valence-electron chi connectivity index (χ1n) is 9.49. The van der Waals surface area contributed by atoms with Gasteiger partial charge >= 0.3 is 0 Å². The number of rotatable bonds is 6. The Labute approximate surface area is 178 Å². The molecule has 0 radical (unpaired) electrons. The topological polar surface area (TPSA) is 77.2 Å². The number of carbonyl (C=O) groups is 1. The fourth-order valence-corrected chi connectivity index (χ4v) is 3.63. The number of ether oxygens (including phenoxy) is 1. The molecule has 0 unspecified atom stereocenters. The van der Waals surface area contributed by atoms with Crippen molar-refractivity contribution in [2.45, 2.75) is 20.8 Å². The molecular formula is C23H21N3O3S. The molecule has 0 aliphatic carbocycles. The lowest BCUT2D eigenvalue weighted by molar-refractivity contribution is -0.118. The molecule has 0 bridgehead atoms. The summed E-state index contributed by atoms with van der Waals surface area (Å²) in [5.41, 5.74) is 3.76. The van der Waals surface area contributed by atoms with Gasteiger partial charge in [-0.25, -0.2) is 0 Å². The van der Waals surface area contributed by atoms with Crippen molar-refractivity contribution in [3.8, 4) is 27.9 Å². The Hall–Kier alpha value is -3.45. The number of aryl methyl sites for hydroxylation is 3. The smallest absolute Gasteiger partial charge is 0.262 e. The molecule has 2 aromatic carbocycles. The molecule has 0 fully saturated rings. The summed E-state index contributed by atoms with van der Waals surface area (Å²) < 4.78 is 11.0. The second-order valence-corrected chi connectivity index (χ2v) is 8.28. The highest BCUT2D eigenvalue weighted by atomic mass is 32.1. The molecule has 30 heavy (non-hydrogen) atoms. The Morgan fingerprint density at radius 1 is 1.03 bits per heavy atom. The summed E-state index contributed by atoms with van der Waals surface area (Å²) in [6, 6.07) is 17.0. The molecule has 4 aromatic rings. The number of nitrogens with zero attached hydrogens (tertiary/aromatic N) is 2. The molecule has 1 amide bonds. The van der Waals surface area contributed by atoms with Gasteiger partial charge in [0.25, 0.3) is 11.8 Å². The van der Waals surface area contributed by atoms with Crippen molar-refractivity contribution >= 4 is 22.9 Å². The number of nitrogens with one attached hydrogen (secondary N) is 1. The highest BCUT2D eigenvalue weighted by molar-refractivity contribution is 7.15. The second kappa shape index (κ2) is 8.51. The fourth-order valence-electron chi connectivity index (χ4n) is 2.84. The van der Waals surface area contributed by atoms with Crippen LogP contribution in [0.25, 0.3) is 22.2 Å². The largest absolute Gasteiger partial charge is 0.484 e. The van der Waals surface area contributed by atoms with Gasteiger partial charge in [0, 0.05) is 16.1 Å². The van der Waals surface area contributed by atoms with Crippen LogP contribution in [-0.4, -0.2) is 22.7 Å². The van der Waals surface area contributed by atoms with E-state index in [0.29, 0.717) is 23.2 Å². The van der Waals surface area contributed by atoms with E-state index in [9.17, 15) is 4.79 Å². The summed E-state index contributed by atoms with van der Waals surface area (Å²) in [5, 5.41) is 6.87. The molecule has 1 N–H and O–H groups in total. The summed E-state index contributed by atoms with van der Waals surface area (Å²) in [5.74, 6) is 1.46. The minimum absolute atomic E-state index is 0.0580. The molecule has 0 atom stereocenters. The number of hydrogen-bond acceptors (Lipinski definition) is 6. The molecule has 2 aromatic heterocycles. The summed E-state index contributed by atoms with van der Waals surface area (Å²) in [4.78, 5) is 18.8. The molecule has 2 heterocycles. The highest BCUT2D eigenvalue weighted by Crippen LogP contribution is 2.28. The van der Waals surface area contributed by atoms with Crippen LogP contribution in [0, 0.1) is 20.8 Å². The summed E-state index contributed by atoms with van der Waals surface area (Å²) in [6.45, 7) is 6.03. The maximum absolute atomic E-state index is 12.2. The zero-order chi connectivity index (χ0) is 21.1. The lowest BCUT2D eigenvalue weighted by Crippen LogP contribution is -2.20. The van der Waals surface area contributed by atoms with Crippen LogP contribution in [0.3, 0.4) is 0 Å². The molecule has 152 valence electrons. The molecular weight excluding hydrogens is 398 g/mol. The van der Waals surface area contributed by atoms with Crippen LogP contribution in [0.1, 0.15) is 16.0 Å². The minimum atomic E-state index is -0.228. The predicted octanol–water partition coefficient (Wildman–Crippen LogP) is 5.41. The molecule has 6 nitrogen and oxygen atoms in total. The monoisotopic (exact) mass is 419 g/mol. The Morgan fingerprint density at radius 3 is 2.53 bits per heavy atom. The van der Waals surface area contributed by atoms with E-state index in [0.717, 1.165) is 16.0 Å². The van der Waals surface area contributed by atoms with Crippen molar-refractivity contribution < 1.29 is 14.1 Å². The van der Waals surface area contributed by atoms with Gasteiger partial charge in [-0.3, -0.25) is 4.79 Å². The van der Waals surface area contributed by atoms with Crippen molar-refractivity contribution in [2.24, 2.45) is 0 Å². The third-order valence-corrected chi connectivity index (χ3v) is 5.65. The maximum Gasteiger partial charge on any atom is 0.262 e. The minimum Gasteiger partial charge on any atom is -0.484 e. The van der Waals surface area contributed by atoms with E-state index < -0.39 is 0 Å². The quantitative estimate of drug-likeness (QED) is 0.452. The van der Waals surface area contributed by atoms with E-state index in [2.05, 4.69) is 15.5 Å². The first kappa shape index (κ1) is 19.8. The Kier molecular flexibility index (Phi) is 5.63. The van der Waals surface area contributed by atoms with Crippen LogP contribution in [0.15, 0.2) is 59.1 Å². The van der Waals surface area contributed by atoms with Crippen molar-refractivity contribution in [3.63, 3.8) is 0 Å².